The lowest BCUT2D eigenvalue weighted by Gasteiger charge is -2.37. The Bertz CT molecular complexity index is 419. The quantitative estimate of drug-likeness (QED) is 0.874. The van der Waals surface area contributed by atoms with E-state index in [1.807, 2.05) is 24.3 Å². The average Bonchev–Trinajstić information content (AvgIpc) is 2.48. The van der Waals surface area contributed by atoms with Gasteiger partial charge < -0.3 is 11.1 Å². The Morgan fingerprint density at radius 3 is 2.37 bits per heavy atom. The summed E-state index contributed by atoms with van der Waals surface area (Å²) in [5.74, 6) is 0.00926. The van der Waals surface area contributed by atoms with Crippen molar-refractivity contribution < 1.29 is 4.79 Å². The predicted octanol–water partition coefficient (Wildman–Crippen LogP) is 2.64. The summed E-state index contributed by atoms with van der Waals surface area (Å²) in [6, 6.07) is 7.85. The molecule has 0 spiro atoms. The number of rotatable bonds is 4. The Balaban J connectivity index is 2.06. The van der Waals surface area contributed by atoms with Crippen molar-refractivity contribution in [1.82, 2.24) is 5.32 Å². The summed E-state index contributed by atoms with van der Waals surface area (Å²) in [6.07, 6.45) is 6.57. The minimum absolute atomic E-state index is 0.00926. The van der Waals surface area contributed by atoms with Gasteiger partial charge in [0.2, 0.25) is 0 Å². The molecule has 1 fully saturated rings. The molecular formula is C16H24N2O. The van der Waals surface area contributed by atoms with Crippen molar-refractivity contribution in [3.8, 4) is 0 Å². The molecule has 3 heteroatoms. The first-order valence-corrected chi connectivity index (χ1v) is 7.31. The van der Waals surface area contributed by atoms with Gasteiger partial charge in [0.1, 0.15) is 0 Å². The zero-order chi connectivity index (χ0) is 13.7. The molecule has 0 bridgehead atoms. The summed E-state index contributed by atoms with van der Waals surface area (Å²) in [5.41, 5.74) is 7.70. The number of hydrogen-bond donors (Lipinski definition) is 2. The summed E-state index contributed by atoms with van der Waals surface area (Å²) in [5, 5.41) is 3.17. The molecule has 0 heterocycles. The van der Waals surface area contributed by atoms with Crippen LogP contribution < -0.4 is 11.1 Å². The maximum Gasteiger partial charge on any atom is 0.251 e. The monoisotopic (exact) mass is 260 g/mol. The van der Waals surface area contributed by atoms with Crippen LogP contribution in [0.25, 0.3) is 0 Å². The molecule has 104 valence electrons. The number of carbonyl (C=O) groups is 1. The first-order valence-electron chi connectivity index (χ1n) is 7.31. The predicted molar refractivity (Wildman–Crippen MR) is 78.2 cm³/mol. The standard InChI is InChI=1S/C16H24N2O/c1-2-13-6-8-14(9-7-13)15(19)18-16(12-17)10-4-3-5-11-16/h6-9H,2-5,10-12,17H2,1H3,(H,18,19). The molecule has 0 atom stereocenters. The van der Waals surface area contributed by atoms with Gasteiger partial charge in [-0.2, -0.15) is 0 Å². The molecule has 1 aliphatic carbocycles. The summed E-state index contributed by atoms with van der Waals surface area (Å²) in [6.45, 7) is 2.65. The molecule has 1 aromatic carbocycles. The Kier molecular flexibility index (Phi) is 4.59. The molecule has 0 unspecified atom stereocenters. The summed E-state index contributed by atoms with van der Waals surface area (Å²) >= 11 is 0. The average molecular weight is 260 g/mol. The largest absolute Gasteiger partial charge is 0.345 e. The van der Waals surface area contributed by atoms with Crippen LogP contribution >= 0.6 is 0 Å². The molecule has 1 aliphatic rings. The topological polar surface area (TPSA) is 55.1 Å². The number of carbonyl (C=O) groups excluding carboxylic acids is 1. The second-order valence-electron chi connectivity index (χ2n) is 5.55. The van der Waals surface area contributed by atoms with Gasteiger partial charge in [0.05, 0.1) is 5.54 Å². The van der Waals surface area contributed by atoms with Crippen LogP contribution in [0.5, 0.6) is 0 Å². The van der Waals surface area contributed by atoms with E-state index in [-0.39, 0.29) is 11.4 Å². The third-order valence-corrected chi connectivity index (χ3v) is 4.20. The van der Waals surface area contributed by atoms with Gasteiger partial charge in [-0.3, -0.25) is 4.79 Å². The highest BCUT2D eigenvalue weighted by Crippen LogP contribution is 2.27. The SMILES string of the molecule is CCc1ccc(C(=O)NC2(CN)CCCCC2)cc1. The van der Waals surface area contributed by atoms with Crippen LogP contribution in [0.4, 0.5) is 0 Å². The molecule has 2 rings (SSSR count). The zero-order valence-corrected chi connectivity index (χ0v) is 11.7. The smallest absolute Gasteiger partial charge is 0.251 e. The Hall–Kier alpha value is -1.35. The van der Waals surface area contributed by atoms with Crippen LogP contribution in [0.1, 0.15) is 54.9 Å². The molecule has 3 N–H and O–H groups in total. The lowest BCUT2D eigenvalue weighted by Crippen LogP contribution is -2.54. The number of hydrogen-bond acceptors (Lipinski definition) is 2. The molecular weight excluding hydrogens is 236 g/mol. The van der Waals surface area contributed by atoms with E-state index in [9.17, 15) is 4.79 Å². The van der Waals surface area contributed by atoms with Crippen molar-refractivity contribution in [2.24, 2.45) is 5.73 Å². The summed E-state index contributed by atoms with van der Waals surface area (Å²) in [4.78, 5) is 12.3. The fourth-order valence-corrected chi connectivity index (χ4v) is 2.81. The molecule has 3 nitrogen and oxygen atoms in total. The van der Waals surface area contributed by atoms with E-state index >= 15 is 0 Å². The highest BCUT2D eigenvalue weighted by molar-refractivity contribution is 5.94. The van der Waals surface area contributed by atoms with Gasteiger partial charge in [-0.25, -0.2) is 0 Å². The maximum absolute atomic E-state index is 12.3. The van der Waals surface area contributed by atoms with Gasteiger partial charge in [0, 0.05) is 12.1 Å². The zero-order valence-electron chi connectivity index (χ0n) is 11.7. The minimum Gasteiger partial charge on any atom is -0.345 e. The van der Waals surface area contributed by atoms with Crippen LogP contribution in [0.15, 0.2) is 24.3 Å². The molecule has 0 saturated heterocycles. The van der Waals surface area contributed by atoms with Crippen molar-refractivity contribution in [3.63, 3.8) is 0 Å². The van der Waals surface area contributed by atoms with E-state index in [4.69, 9.17) is 5.73 Å². The van der Waals surface area contributed by atoms with Crippen LogP contribution in [0, 0.1) is 0 Å². The Morgan fingerprint density at radius 1 is 1.21 bits per heavy atom. The third-order valence-electron chi connectivity index (χ3n) is 4.20. The highest BCUT2D eigenvalue weighted by Gasteiger charge is 2.32. The molecule has 19 heavy (non-hydrogen) atoms. The summed E-state index contributed by atoms with van der Waals surface area (Å²) < 4.78 is 0. The fourth-order valence-electron chi connectivity index (χ4n) is 2.81. The molecule has 1 saturated carbocycles. The van der Waals surface area contributed by atoms with Crippen LogP contribution in [0.3, 0.4) is 0 Å². The van der Waals surface area contributed by atoms with Crippen molar-refractivity contribution >= 4 is 5.91 Å². The van der Waals surface area contributed by atoms with Crippen LogP contribution in [-0.2, 0) is 6.42 Å². The molecule has 0 radical (unpaired) electrons. The van der Waals surface area contributed by atoms with Crippen molar-refractivity contribution in [3.05, 3.63) is 35.4 Å². The maximum atomic E-state index is 12.3. The van der Waals surface area contributed by atoms with Crippen LogP contribution in [0.2, 0.25) is 0 Å². The second-order valence-corrected chi connectivity index (χ2v) is 5.55. The molecule has 1 aromatic rings. The van der Waals surface area contributed by atoms with E-state index in [0.29, 0.717) is 6.54 Å². The van der Waals surface area contributed by atoms with Gasteiger partial charge in [-0.1, -0.05) is 38.3 Å². The van der Waals surface area contributed by atoms with Gasteiger partial charge in [-0.15, -0.1) is 0 Å². The van der Waals surface area contributed by atoms with Crippen molar-refractivity contribution in [2.45, 2.75) is 51.0 Å². The number of amides is 1. The Labute approximate surface area is 115 Å². The van der Waals surface area contributed by atoms with Crippen molar-refractivity contribution in [2.75, 3.05) is 6.54 Å². The first kappa shape index (κ1) is 14.1. The lowest BCUT2D eigenvalue weighted by atomic mass is 9.81. The van der Waals surface area contributed by atoms with Gasteiger partial charge in [-0.05, 0) is 37.0 Å². The molecule has 0 aliphatic heterocycles. The van der Waals surface area contributed by atoms with E-state index in [1.165, 1.54) is 12.0 Å². The Morgan fingerprint density at radius 2 is 1.84 bits per heavy atom. The summed E-state index contributed by atoms with van der Waals surface area (Å²) in [7, 11) is 0. The van der Waals surface area contributed by atoms with Gasteiger partial charge in [0.15, 0.2) is 0 Å². The van der Waals surface area contributed by atoms with Gasteiger partial charge >= 0.3 is 0 Å². The van der Waals surface area contributed by atoms with E-state index < -0.39 is 0 Å². The first-order chi connectivity index (χ1) is 9.19. The number of aryl methyl sites for hydroxylation is 1. The normalized spacial score (nSPS) is 18.0. The lowest BCUT2D eigenvalue weighted by molar-refractivity contribution is 0.0874. The minimum atomic E-state index is -0.182. The number of nitrogens with one attached hydrogen (secondary N) is 1. The highest BCUT2D eigenvalue weighted by atomic mass is 16.1. The molecule has 0 aromatic heterocycles. The van der Waals surface area contributed by atoms with E-state index in [1.54, 1.807) is 0 Å². The fraction of sp³-hybridized carbons (Fsp3) is 0.562. The second kappa shape index (κ2) is 6.20. The third kappa shape index (κ3) is 3.35. The van der Waals surface area contributed by atoms with Crippen molar-refractivity contribution in [1.29, 1.82) is 0 Å². The van der Waals surface area contributed by atoms with E-state index in [2.05, 4.69) is 12.2 Å². The number of nitrogens with two attached hydrogens (primary N) is 1. The van der Waals surface area contributed by atoms with Gasteiger partial charge in [0.25, 0.3) is 5.91 Å². The molecule has 1 amide bonds. The van der Waals surface area contributed by atoms with Crippen LogP contribution in [-0.4, -0.2) is 18.0 Å². The number of benzene rings is 1. The van der Waals surface area contributed by atoms with E-state index in [0.717, 1.165) is 37.7 Å².